The molecule has 2 rings (SSSR count). The molecule has 1 aliphatic rings. The molecule has 0 bridgehead atoms. The van der Waals surface area contributed by atoms with E-state index in [1.807, 2.05) is 17.9 Å². The van der Waals surface area contributed by atoms with E-state index in [-0.39, 0.29) is 0 Å². The highest BCUT2D eigenvalue weighted by molar-refractivity contribution is 5.06. The number of ether oxygens (including phenoxy) is 1. The van der Waals surface area contributed by atoms with Gasteiger partial charge in [0.15, 0.2) is 0 Å². The van der Waals surface area contributed by atoms with Crippen molar-refractivity contribution in [2.45, 2.75) is 32.2 Å². The summed E-state index contributed by atoms with van der Waals surface area (Å²) in [5.41, 5.74) is 1.75. The van der Waals surface area contributed by atoms with Crippen LogP contribution in [0.3, 0.4) is 0 Å². The smallest absolute Gasteiger partial charge is 0.0547 e. The summed E-state index contributed by atoms with van der Waals surface area (Å²) in [5, 5.41) is 7.83. The van der Waals surface area contributed by atoms with Crippen molar-refractivity contribution >= 4 is 0 Å². The van der Waals surface area contributed by atoms with Crippen molar-refractivity contribution in [1.29, 1.82) is 0 Å². The van der Waals surface area contributed by atoms with Gasteiger partial charge in [-0.3, -0.25) is 4.68 Å². The van der Waals surface area contributed by atoms with E-state index >= 15 is 0 Å². The van der Waals surface area contributed by atoms with Gasteiger partial charge in [0.05, 0.1) is 5.69 Å². The molecule has 0 saturated heterocycles. The molecule has 96 valence electrons. The molecule has 1 N–H and O–H groups in total. The largest absolute Gasteiger partial charge is 0.385 e. The van der Waals surface area contributed by atoms with Crippen LogP contribution in [0, 0.1) is 5.41 Å². The quantitative estimate of drug-likeness (QED) is 0.787. The zero-order chi connectivity index (χ0) is 12.3. The summed E-state index contributed by atoms with van der Waals surface area (Å²) in [7, 11) is 3.77. The number of hydrogen-bond donors (Lipinski definition) is 1. The Labute approximate surface area is 103 Å². The first-order chi connectivity index (χ1) is 8.17. The van der Waals surface area contributed by atoms with Gasteiger partial charge < -0.3 is 10.1 Å². The zero-order valence-electron chi connectivity index (χ0n) is 11.1. The SMILES string of the molecule is COCCC1(CNC(C)c2ccnn2C)CC1. The topological polar surface area (TPSA) is 39.1 Å². The molecular weight excluding hydrogens is 214 g/mol. The first-order valence-corrected chi connectivity index (χ1v) is 6.37. The summed E-state index contributed by atoms with van der Waals surface area (Å²) in [5.74, 6) is 0. The van der Waals surface area contributed by atoms with Crippen LogP contribution < -0.4 is 5.32 Å². The van der Waals surface area contributed by atoms with Crippen LogP contribution in [0.1, 0.15) is 37.9 Å². The maximum Gasteiger partial charge on any atom is 0.0547 e. The van der Waals surface area contributed by atoms with E-state index in [0.717, 1.165) is 13.2 Å². The van der Waals surface area contributed by atoms with Crippen molar-refractivity contribution < 1.29 is 4.74 Å². The summed E-state index contributed by atoms with van der Waals surface area (Å²) in [6.45, 7) is 4.16. The monoisotopic (exact) mass is 237 g/mol. The van der Waals surface area contributed by atoms with E-state index in [9.17, 15) is 0 Å². The minimum atomic E-state index is 0.363. The van der Waals surface area contributed by atoms with Crippen LogP contribution in [0.25, 0.3) is 0 Å². The van der Waals surface area contributed by atoms with E-state index in [2.05, 4.69) is 23.4 Å². The summed E-state index contributed by atoms with van der Waals surface area (Å²) in [6, 6.07) is 2.44. The van der Waals surface area contributed by atoms with Gasteiger partial charge in [-0.2, -0.15) is 5.10 Å². The average molecular weight is 237 g/mol. The Balaban J connectivity index is 1.80. The summed E-state index contributed by atoms with van der Waals surface area (Å²) >= 11 is 0. The van der Waals surface area contributed by atoms with Crippen LogP contribution in [-0.4, -0.2) is 30.0 Å². The molecule has 1 aromatic heterocycles. The number of methoxy groups -OCH3 is 1. The third-order valence-electron chi connectivity index (χ3n) is 3.88. The lowest BCUT2D eigenvalue weighted by atomic mass is 10.0. The molecule has 1 heterocycles. The molecule has 1 saturated carbocycles. The van der Waals surface area contributed by atoms with E-state index < -0.39 is 0 Å². The molecule has 4 heteroatoms. The number of hydrogen-bond acceptors (Lipinski definition) is 3. The lowest BCUT2D eigenvalue weighted by Crippen LogP contribution is -2.28. The maximum absolute atomic E-state index is 5.17. The Morgan fingerprint density at radius 2 is 2.35 bits per heavy atom. The Kier molecular flexibility index (Phi) is 3.84. The standard InChI is InChI=1S/C13H23N3O/c1-11(12-4-8-15-16(12)2)14-10-13(5-6-13)7-9-17-3/h4,8,11,14H,5-7,9-10H2,1-3H3. The number of aromatic nitrogens is 2. The van der Waals surface area contributed by atoms with E-state index in [1.165, 1.54) is 25.0 Å². The van der Waals surface area contributed by atoms with Crippen LogP contribution in [0.2, 0.25) is 0 Å². The van der Waals surface area contributed by atoms with Crippen molar-refractivity contribution in [2.75, 3.05) is 20.3 Å². The van der Waals surface area contributed by atoms with E-state index in [4.69, 9.17) is 4.74 Å². The first kappa shape index (κ1) is 12.6. The average Bonchev–Trinajstić information content (AvgIpc) is 2.98. The summed E-state index contributed by atoms with van der Waals surface area (Å²) in [6.07, 6.45) is 5.70. The molecular formula is C13H23N3O. The normalized spacial score (nSPS) is 19.2. The highest BCUT2D eigenvalue weighted by Crippen LogP contribution is 2.48. The molecule has 0 amide bonds. The van der Waals surface area contributed by atoms with Gasteiger partial charge >= 0.3 is 0 Å². The fourth-order valence-electron chi connectivity index (χ4n) is 2.29. The fraction of sp³-hybridized carbons (Fsp3) is 0.769. The third kappa shape index (κ3) is 3.07. The maximum atomic E-state index is 5.17. The number of aryl methyl sites for hydroxylation is 1. The summed E-state index contributed by atoms with van der Waals surface area (Å²) < 4.78 is 7.11. The van der Waals surface area contributed by atoms with Crippen molar-refractivity contribution in [2.24, 2.45) is 12.5 Å². The van der Waals surface area contributed by atoms with Crippen LogP contribution in [0.4, 0.5) is 0 Å². The third-order valence-corrected chi connectivity index (χ3v) is 3.88. The fourth-order valence-corrected chi connectivity index (χ4v) is 2.29. The number of nitrogens with zero attached hydrogens (tertiary/aromatic N) is 2. The molecule has 4 nitrogen and oxygen atoms in total. The second-order valence-electron chi connectivity index (χ2n) is 5.23. The predicted octanol–water partition coefficient (Wildman–Crippen LogP) is 1.89. The van der Waals surface area contributed by atoms with Crippen molar-refractivity contribution in [3.8, 4) is 0 Å². The van der Waals surface area contributed by atoms with Gasteiger partial charge in [0, 0.05) is 39.5 Å². The molecule has 1 aliphatic carbocycles. The second-order valence-corrected chi connectivity index (χ2v) is 5.23. The molecule has 1 unspecified atom stereocenters. The number of nitrogens with one attached hydrogen (secondary N) is 1. The predicted molar refractivity (Wildman–Crippen MR) is 67.8 cm³/mol. The van der Waals surface area contributed by atoms with Crippen LogP contribution >= 0.6 is 0 Å². The lowest BCUT2D eigenvalue weighted by Gasteiger charge is -2.20. The molecule has 0 radical (unpaired) electrons. The lowest BCUT2D eigenvalue weighted by molar-refractivity contribution is 0.170. The second kappa shape index (κ2) is 5.19. The van der Waals surface area contributed by atoms with E-state index in [1.54, 1.807) is 7.11 Å². The van der Waals surface area contributed by atoms with Crippen LogP contribution in [-0.2, 0) is 11.8 Å². The molecule has 0 aromatic carbocycles. The van der Waals surface area contributed by atoms with E-state index in [0.29, 0.717) is 11.5 Å². The Bertz CT molecular complexity index is 357. The Hall–Kier alpha value is -0.870. The van der Waals surface area contributed by atoms with Crippen LogP contribution in [0.15, 0.2) is 12.3 Å². The van der Waals surface area contributed by atoms with Gasteiger partial charge in [-0.1, -0.05) is 0 Å². The first-order valence-electron chi connectivity index (χ1n) is 6.37. The van der Waals surface area contributed by atoms with Gasteiger partial charge in [0.1, 0.15) is 0 Å². The minimum absolute atomic E-state index is 0.363. The minimum Gasteiger partial charge on any atom is -0.385 e. The van der Waals surface area contributed by atoms with Gasteiger partial charge in [-0.05, 0) is 37.7 Å². The number of rotatable bonds is 7. The molecule has 0 spiro atoms. The van der Waals surface area contributed by atoms with Crippen molar-refractivity contribution in [1.82, 2.24) is 15.1 Å². The molecule has 1 fully saturated rings. The molecule has 1 aromatic rings. The molecule has 0 aliphatic heterocycles. The zero-order valence-corrected chi connectivity index (χ0v) is 11.1. The Morgan fingerprint density at radius 1 is 1.59 bits per heavy atom. The summed E-state index contributed by atoms with van der Waals surface area (Å²) in [4.78, 5) is 0. The highest BCUT2D eigenvalue weighted by atomic mass is 16.5. The van der Waals surface area contributed by atoms with Gasteiger partial charge in [0.2, 0.25) is 0 Å². The van der Waals surface area contributed by atoms with Gasteiger partial charge in [-0.25, -0.2) is 0 Å². The van der Waals surface area contributed by atoms with Crippen molar-refractivity contribution in [3.63, 3.8) is 0 Å². The Morgan fingerprint density at radius 3 is 2.88 bits per heavy atom. The van der Waals surface area contributed by atoms with Crippen molar-refractivity contribution in [3.05, 3.63) is 18.0 Å². The molecule has 1 atom stereocenters. The van der Waals surface area contributed by atoms with Gasteiger partial charge in [0.25, 0.3) is 0 Å². The highest BCUT2D eigenvalue weighted by Gasteiger charge is 2.41. The molecule has 17 heavy (non-hydrogen) atoms. The van der Waals surface area contributed by atoms with Gasteiger partial charge in [-0.15, -0.1) is 0 Å². The van der Waals surface area contributed by atoms with Crippen LogP contribution in [0.5, 0.6) is 0 Å².